The van der Waals surface area contributed by atoms with Gasteiger partial charge in [0, 0.05) is 0 Å². The summed E-state index contributed by atoms with van der Waals surface area (Å²) in [5.74, 6) is 0.406. The molecule has 1 unspecified atom stereocenters. The molecule has 2 nitrogen and oxygen atoms in total. The highest BCUT2D eigenvalue weighted by Gasteiger charge is 2.48. The maximum atomic E-state index is 13.1. The first kappa shape index (κ1) is 21.5. The molecule has 0 aromatic rings. The largest absolute Gasteiger partial charge is 0.461 e. The predicted octanol–water partition coefficient (Wildman–Crippen LogP) is 6.09. The normalized spacial score (nSPS) is 16.8. The quantitative estimate of drug-likeness (QED) is 0.587. The highest BCUT2D eigenvalue weighted by atomic mass is 16.5. The van der Waals surface area contributed by atoms with Gasteiger partial charge in [-0.1, -0.05) is 76.2 Å². The summed E-state index contributed by atoms with van der Waals surface area (Å²) in [5.41, 5.74) is -0.764. The summed E-state index contributed by atoms with van der Waals surface area (Å²) in [5, 5.41) is 0. The smallest absolute Gasteiger partial charge is 0.312 e. The average molecular weight is 313 g/mol. The van der Waals surface area contributed by atoms with Crippen LogP contribution in [-0.2, 0) is 9.53 Å². The number of rotatable bonds is 4. The van der Waals surface area contributed by atoms with E-state index in [-0.39, 0.29) is 28.3 Å². The van der Waals surface area contributed by atoms with Crippen LogP contribution in [0.3, 0.4) is 0 Å². The van der Waals surface area contributed by atoms with Gasteiger partial charge in [0.05, 0.1) is 5.41 Å². The maximum absolute atomic E-state index is 13.1. The van der Waals surface area contributed by atoms with Gasteiger partial charge in [-0.15, -0.1) is 0 Å². The van der Waals surface area contributed by atoms with Gasteiger partial charge in [0.2, 0.25) is 0 Å². The second kappa shape index (κ2) is 6.53. The van der Waals surface area contributed by atoms with Crippen LogP contribution in [0.2, 0.25) is 0 Å². The van der Waals surface area contributed by atoms with E-state index < -0.39 is 5.41 Å². The zero-order valence-electron chi connectivity index (χ0n) is 17.2. The van der Waals surface area contributed by atoms with Gasteiger partial charge in [0.25, 0.3) is 0 Å². The summed E-state index contributed by atoms with van der Waals surface area (Å²) >= 11 is 0. The summed E-state index contributed by atoms with van der Waals surface area (Å²) in [4.78, 5) is 13.1. The molecule has 0 N–H and O–H groups in total. The summed E-state index contributed by atoms with van der Waals surface area (Å²) in [6, 6.07) is 0. The minimum atomic E-state index is -0.476. The molecule has 0 fully saturated rings. The lowest BCUT2D eigenvalue weighted by Gasteiger charge is -2.45. The Morgan fingerprint density at radius 2 is 1.18 bits per heavy atom. The third-order valence-electron chi connectivity index (χ3n) is 4.72. The molecule has 0 aromatic carbocycles. The fraction of sp³-hybridized carbons (Fsp3) is 0.950. The molecule has 0 spiro atoms. The summed E-state index contributed by atoms with van der Waals surface area (Å²) in [6.45, 7) is 25.7. The number of carbonyl (C=O) groups excluding carboxylic acids is 1. The first-order chi connectivity index (χ1) is 9.43. The van der Waals surface area contributed by atoms with Gasteiger partial charge in [-0.2, -0.15) is 0 Å². The number of esters is 1. The molecule has 0 aliphatic heterocycles. The first-order valence-corrected chi connectivity index (χ1v) is 8.64. The summed E-state index contributed by atoms with van der Waals surface area (Å²) in [7, 11) is 0. The van der Waals surface area contributed by atoms with Crippen LogP contribution >= 0.6 is 0 Å². The Morgan fingerprint density at radius 3 is 1.41 bits per heavy atom. The van der Waals surface area contributed by atoms with Gasteiger partial charge >= 0.3 is 5.97 Å². The van der Waals surface area contributed by atoms with Crippen molar-refractivity contribution in [2.24, 2.45) is 27.6 Å². The molecular formula is C20H40O2. The molecule has 0 aromatic heterocycles. The topological polar surface area (TPSA) is 26.3 Å². The van der Waals surface area contributed by atoms with Crippen LogP contribution in [0.25, 0.3) is 0 Å². The van der Waals surface area contributed by atoms with E-state index in [0.717, 1.165) is 6.42 Å². The van der Waals surface area contributed by atoms with Crippen LogP contribution in [0.1, 0.15) is 89.5 Å². The van der Waals surface area contributed by atoms with E-state index in [2.05, 4.69) is 83.1 Å². The molecule has 2 heteroatoms. The zero-order valence-corrected chi connectivity index (χ0v) is 17.2. The van der Waals surface area contributed by atoms with Crippen molar-refractivity contribution in [3.63, 3.8) is 0 Å². The Balaban J connectivity index is 5.60. The number of carbonyl (C=O) groups is 1. The molecule has 0 aliphatic carbocycles. The van der Waals surface area contributed by atoms with Crippen LogP contribution in [0.5, 0.6) is 0 Å². The van der Waals surface area contributed by atoms with Crippen LogP contribution in [0, 0.1) is 27.6 Å². The molecule has 0 rings (SSSR count). The molecule has 0 saturated heterocycles. The van der Waals surface area contributed by atoms with Crippen LogP contribution in [-0.4, -0.2) is 12.1 Å². The van der Waals surface area contributed by atoms with Crippen molar-refractivity contribution >= 4 is 5.97 Å². The third-order valence-corrected chi connectivity index (χ3v) is 4.72. The molecule has 0 radical (unpaired) electrons. The molecule has 0 heterocycles. The van der Waals surface area contributed by atoms with Gasteiger partial charge in [-0.05, 0) is 35.5 Å². The zero-order chi connectivity index (χ0) is 18.1. The van der Waals surface area contributed by atoms with Crippen LogP contribution < -0.4 is 0 Å². The Hall–Kier alpha value is -0.530. The fourth-order valence-electron chi connectivity index (χ4n) is 3.40. The van der Waals surface area contributed by atoms with Crippen molar-refractivity contribution in [3.8, 4) is 0 Å². The predicted molar refractivity (Wildman–Crippen MR) is 95.8 cm³/mol. The van der Waals surface area contributed by atoms with Crippen molar-refractivity contribution in [2.75, 3.05) is 0 Å². The first-order valence-electron chi connectivity index (χ1n) is 8.64. The van der Waals surface area contributed by atoms with E-state index >= 15 is 0 Å². The number of ether oxygens (including phenoxy) is 1. The van der Waals surface area contributed by atoms with Crippen LogP contribution in [0.4, 0.5) is 0 Å². The lowest BCUT2D eigenvalue weighted by atomic mass is 9.64. The minimum Gasteiger partial charge on any atom is -0.461 e. The standard InChI is InChI=1S/C20H40O2/c1-14(2)13-20(12,19(9,10)11)16(21)22-15(17(3,4)5)18(6,7)8/h14-15H,13H2,1-12H3. The van der Waals surface area contributed by atoms with E-state index in [1.165, 1.54) is 0 Å². The lowest BCUT2D eigenvalue weighted by Crippen LogP contribution is -2.49. The minimum absolute atomic E-state index is 0.0523. The van der Waals surface area contributed by atoms with Crippen LogP contribution in [0.15, 0.2) is 0 Å². The van der Waals surface area contributed by atoms with Crippen molar-refractivity contribution < 1.29 is 9.53 Å². The second-order valence-electron chi connectivity index (χ2n) is 10.7. The Morgan fingerprint density at radius 1 is 0.818 bits per heavy atom. The van der Waals surface area contributed by atoms with Gasteiger partial charge in [-0.25, -0.2) is 0 Å². The van der Waals surface area contributed by atoms with E-state index in [1.54, 1.807) is 0 Å². The Labute approximate surface area is 139 Å². The fourth-order valence-corrected chi connectivity index (χ4v) is 3.40. The van der Waals surface area contributed by atoms with Crippen molar-refractivity contribution in [1.82, 2.24) is 0 Å². The van der Waals surface area contributed by atoms with Crippen molar-refractivity contribution in [1.29, 1.82) is 0 Å². The van der Waals surface area contributed by atoms with Crippen molar-refractivity contribution in [3.05, 3.63) is 0 Å². The highest BCUT2D eigenvalue weighted by molar-refractivity contribution is 5.77. The molecule has 22 heavy (non-hydrogen) atoms. The van der Waals surface area contributed by atoms with Crippen molar-refractivity contribution in [2.45, 2.75) is 95.6 Å². The molecule has 0 aliphatic rings. The molecule has 0 amide bonds. The van der Waals surface area contributed by atoms with E-state index in [0.29, 0.717) is 5.92 Å². The van der Waals surface area contributed by atoms with Gasteiger partial charge < -0.3 is 4.74 Å². The third kappa shape index (κ3) is 5.28. The molecule has 0 bridgehead atoms. The number of hydrogen-bond donors (Lipinski definition) is 0. The van der Waals surface area contributed by atoms with E-state index in [1.807, 2.05) is 0 Å². The van der Waals surface area contributed by atoms with Gasteiger partial charge in [0.1, 0.15) is 6.10 Å². The average Bonchev–Trinajstić information content (AvgIpc) is 2.19. The lowest BCUT2D eigenvalue weighted by molar-refractivity contribution is -0.183. The summed E-state index contributed by atoms with van der Waals surface area (Å²) < 4.78 is 6.13. The molecule has 1 atom stereocenters. The molecular weight excluding hydrogens is 272 g/mol. The SMILES string of the molecule is CC(C)CC(C)(C(=O)OC(C(C)(C)C)C(C)(C)C)C(C)(C)C. The monoisotopic (exact) mass is 312 g/mol. The Bertz CT molecular complexity index is 360. The van der Waals surface area contributed by atoms with E-state index in [9.17, 15) is 4.79 Å². The molecule has 132 valence electrons. The second-order valence-corrected chi connectivity index (χ2v) is 10.7. The van der Waals surface area contributed by atoms with Gasteiger partial charge in [-0.3, -0.25) is 4.79 Å². The summed E-state index contributed by atoms with van der Waals surface area (Å²) in [6.07, 6.45) is 0.734. The maximum Gasteiger partial charge on any atom is 0.312 e. The number of hydrogen-bond acceptors (Lipinski definition) is 2. The van der Waals surface area contributed by atoms with Gasteiger partial charge in [0.15, 0.2) is 0 Å². The molecule has 0 saturated carbocycles. The highest BCUT2D eigenvalue weighted by Crippen LogP contribution is 2.46. The van der Waals surface area contributed by atoms with E-state index in [4.69, 9.17) is 4.74 Å². The Kier molecular flexibility index (Phi) is 6.37.